The molecule has 3 aromatic rings. The Bertz CT molecular complexity index is 1160. The van der Waals surface area contributed by atoms with Gasteiger partial charge in [-0.3, -0.25) is 0 Å². The van der Waals surface area contributed by atoms with Crippen molar-refractivity contribution in [3.63, 3.8) is 0 Å². The van der Waals surface area contributed by atoms with E-state index in [0.29, 0.717) is 23.7 Å². The van der Waals surface area contributed by atoms with E-state index in [1.165, 1.54) is 36.4 Å². The second kappa shape index (κ2) is 10.6. The normalized spacial score (nSPS) is 12.3. The molecule has 0 spiro atoms. The number of benzene rings is 3. The van der Waals surface area contributed by atoms with Gasteiger partial charge in [0.15, 0.2) is 6.61 Å². The summed E-state index contributed by atoms with van der Waals surface area (Å²) in [4.78, 5) is 10.8. The van der Waals surface area contributed by atoms with Gasteiger partial charge >= 0.3 is 5.97 Å². The van der Waals surface area contributed by atoms with Crippen LogP contribution in [0.15, 0.2) is 82.6 Å². The molecule has 0 amide bonds. The first-order chi connectivity index (χ1) is 15.3. The van der Waals surface area contributed by atoms with Crippen LogP contribution in [-0.4, -0.2) is 37.8 Å². The number of ether oxygens (including phenoxy) is 1. The van der Waals surface area contributed by atoms with Gasteiger partial charge < -0.3 is 20.3 Å². The minimum absolute atomic E-state index is 0.0793. The molecule has 0 unspecified atom stereocenters. The molecule has 0 saturated heterocycles. The van der Waals surface area contributed by atoms with Gasteiger partial charge in [-0.05, 0) is 59.7 Å². The summed E-state index contributed by atoms with van der Waals surface area (Å²) < 4.78 is 30.7. The number of nitrogens with one attached hydrogen (secondary N) is 1. The van der Waals surface area contributed by atoms with Gasteiger partial charge in [-0.15, -0.1) is 0 Å². The van der Waals surface area contributed by atoms with Crippen molar-refractivity contribution in [1.82, 2.24) is 5.32 Å². The van der Waals surface area contributed by atoms with Crippen molar-refractivity contribution >= 4 is 27.4 Å². The van der Waals surface area contributed by atoms with Crippen LogP contribution in [0.1, 0.15) is 17.2 Å². The zero-order valence-corrected chi connectivity index (χ0v) is 18.5. The first-order valence-corrected chi connectivity index (χ1v) is 11.5. The smallest absolute Gasteiger partial charge is 0.341 e. The zero-order valence-electron chi connectivity index (χ0n) is 16.9. The third-order valence-electron chi connectivity index (χ3n) is 4.63. The molecule has 168 valence electrons. The van der Waals surface area contributed by atoms with Crippen LogP contribution in [-0.2, 0) is 21.2 Å². The number of hydrogen-bond donors (Lipinski definition) is 3. The van der Waals surface area contributed by atoms with Gasteiger partial charge in [-0.25, -0.2) is 13.2 Å². The molecule has 32 heavy (non-hydrogen) atoms. The van der Waals surface area contributed by atoms with E-state index >= 15 is 0 Å². The van der Waals surface area contributed by atoms with Crippen LogP contribution >= 0.6 is 11.6 Å². The van der Waals surface area contributed by atoms with Crippen molar-refractivity contribution in [2.75, 3.05) is 13.2 Å². The Morgan fingerprint density at radius 3 is 2.22 bits per heavy atom. The molecular formula is C23H22ClNO6S. The molecule has 0 aliphatic rings. The molecule has 1 atom stereocenters. The van der Waals surface area contributed by atoms with Gasteiger partial charge in [0.2, 0.25) is 9.84 Å². The van der Waals surface area contributed by atoms with Crippen molar-refractivity contribution in [1.29, 1.82) is 0 Å². The highest BCUT2D eigenvalue weighted by molar-refractivity contribution is 7.91. The molecule has 3 aromatic carbocycles. The van der Waals surface area contributed by atoms with E-state index in [9.17, 15) is 18.3 Å². The maximum absolute atomic E-state index is 12.8. The van der Waals surface area contributed by atoms with Crippen LogP contribution in [0.3, 0.4) is 0 Å². The summed E-state index contributed by atoms with van der Waals surface area (Å²) >= 11 is 5.94. The lowest BCUT2D eigenvalue weighted by Gasteiger charge is -2.13. The van der Waals surface area contributed by atoms with Gasteiger partial charge in [-0.1, -0.05) is 35.9 Å². The molecule has 3 rings (SSSR count). The average molecular weight is 476 g/mol. The molecule has 0 saturated carbocycles. The summed E-state index contributed by atoms with van der Waals surface area (Å²) in [7, 11) is -3.72. The van der Waals surface area contributed by atoms with Gasteiger partial charge in [-0.2, -0.15) is 0 Å². The number of hydrogen-bond acceptors (Lipinski definition) is 6. The van der Waals surface area contributed by atoms with E-state index in [-0.39, 0.29) is 15.5 Å². The van der Waals surface area contributed by atoms with Crippen molar-refractivity contribution < 1.29 is 28.2 Å². The SMILES string of the molecule is O=C(O)COc1ccc(S(=O)(=O)c2ccc(CNC[C@@H](O)c3cccc(Cl)c3)cc2)cc1. The predicted octanol–water partition coefficient (Wildman–Crippen LogP) is 3.46. The predicted molar refractivity (Wildman–Crippen MR) is 120 cm³/mol. The number of carboxylic acids is 1. The summed E-state index contributed by atoms with van der Waals surface area (Å²) in [5.74, 6) is -0.844. The summed E-state index contributed by atoms with van der Waals surface area (Å²) in [6.45, 7) is 0.266. The van der Waals surface area contributed by atoms with Gasteiger partial charge in [0.05, 0.1) is 15.9 Å². The number of sulfone groups is 1. The van der Waals surface area contributed by atoms with E-state index < -0.39 is 28.5 Å². The standard InChI is InChI=1S/C23H22ClNO6S/c24-18-3-1-2-17(12-18)22(26)14-25-13-16-4-8-20(9-5-16)32(29,30)21-10-6-19(7-11-21)31-15-23(27)28/h1-12,22,25-26H,13-15H2,(H,27,28)/t22-/m1/s1. The Balaban J connectivity index is 1.58. The van der Waals surface area contributed by atoms with Gasteiger partial charge in [0.1, 0.15) is 5.75 Å². The highest BCUT2D eigenvalue weighted by Gasteiger charge is 2.17. The fraction of sp³-hybridized carbons (Fsp3) is 0.174. The molecule has 7 nitrogen and oxygen atoms in total. The molecule has 0 bridgehead atoms. The summed E-state index contributed by atoms with van der Waals surface area (Å²) in [6.07, 6.45) is -0.712. The Kier molecular flexibility index (Phi) is 7.87. The molecule has 0 heterocycles. The Hall–Kier alpha value is -2.91. The summed E-state index contributed by atoms with van der Waals surface area (Å²) in [5.41, 5.74) is 1.57. The number of aliphatic hydroxyl groups excluding tert-OH is 1. The fourth-order valence-corrected chi connectivity index (χ4v) is 4.43. The monoisotopic (exact) mass is 475 g/mol. The highest BCUT2D eigenvalue weighted by Crippen LogP contribution is 2.24. The second-order valence-electron chi connectivity index (χ2n) is 7.00. The van der Waals surface area contributed by atoms with Crippen LogP contribution < -0.4 is 10.1 Å². The molecule has 9 heteroatoms. The second-order valence-corrected chi connectivity index (χ2v) is 9.39. The van der Waals surface area contributed by atoms with Crippen LogP contribution in [0.5, 0.6) is 5.75 Å². The molecule has 0 aliphatic heterocycles. The van der Waals surface area contributed by atoms with E-state index in [2.05, 4.69) is 5.32 Å². The molecule has 0 aromatic heterocycles. The third-order valence-corrected chi connectivity index (χ3v) is 6.65. The summed E-state index contributed by atoms with van der Waals surface area (Å²) in [5, 5.41) is 22.6. The zero-order chi connectivity index (χ0) is 23.1. The van der Waals surface area contributed by atoms with Crippen LogP contribution in [0, 0.1) is 0 Å². The van der Waals surface area contributed by atoms with Crippen LogP contribution in [0.25, 0.3) is 0 Å². The summed E-state index contributed by atoms with van der Waals surface area (Å²) in [6, 6.07) is 19.0. The maximum atomic E-state index is 12.8. The average Bonchev–Trinajstić information content (AvgIpc) is 2.78. The number of aliphatic hydroxyl groups is 1. The van der Waals surface area contributed by atoms with E-state index in [1.54, 1.807) is 36.4 Å². The molecule has 0 aliphatic carbocycles. The quantitative estimate of drug-likeness (QED) is 0.411. The Labute approximate surface area is 191 Å². The van der Waals surface area contributed by atoms with Crippen molar-refractivity contribution in [2.24, 2.45) is 0 Å². The van der Waals surface area contributed by atoms with Crippen molar-refractivity contribution in [3.05, 3.63) is 88.9 Å². The lowest BCUT2D eigenvalue weighted by Crippen LogP contribution is -2.21. The molecule has 3 N–H and O–H groups in total. The number of carbonyl (C=O) groups is 1. The van der Waals surface area contributed by atoms with E-state index in [1.807, 2.05) is 0 Å². The van der Waals surface area contributed by atoms with Crippen LogP contribution in [0.2, 0.25) is 5.02 Å². The Morgan fingerprint density at radius 1 is 1.00 bits per heavy atom. The molecule has 0 radical (unpaired) electrons. The first kappa shape index (κ1) is 23.7. The van der Waals surface area contributed by atoms with Gasteiger partial charge in [0.25, 0.3) is 0 Å². The molecule has 0 fully saturated rings. The molecular weight excluding hydrogens is 454 g/mol. The number of rotatable bonds is 10. The Morgan fingerprint density at radius 2 is 1.62 bits per heavy atom. The fourth-order valence-electron chi connectivity index (χ4n) is 2.97. The lowest BCUT2D eigenvalue weighted by atomic mass is 10.1. The minimum atomic E-state index is -3.72. The third kappa shape index (κ3) is 6.30. The van der Waals surface area contributed by atoms with Gasteiger partial charge in [0, 0.05) is 18.1 Å². The topological polar surface area (TPSA) is 113 Å². The lowest BCUT2D eigenvalue weighted by molar-refractivity contribution is -0.139. The number of carboxylic acid groups (broad SMARTS) is 1. The number of aliphatic carboxylic acids is 1. The first-order valence-electron chi connectivity index (χ1n) is 9.68. The number of halogens is 1. The van der Waals surface area contributed by atoms with E-state index in [4.69, 9.17) is 21.4 Å². The largest absolute Gasteiger partial charge is 0.482 e. The van der Waals surface area contributed by atoms with Crippen molar-refractivity contribution in [2.45, 2.75) is 22.4 Å². The maximum Gasteiger partial charge on any atom is 0.341 e. The van der Waals surface area contributed by atoms with Crippen LogP contribution in [0.4, 0.5) is 0 Å². The highest BCUT2D eigenvalue weighted by atomic mass is 35.5. The van der Waals surface area contributed by atoms with Crippen molar-refractivity contribution in [3.8, 4) is 5.75 Å². The minimum Gasteiger partial charge on any atom is -0.482 e. The van der Waals surface area contributed by atoms with E-state index in [0.717, 1.165) is 5.56 Å².